The van der Waals surface area contributed by atoms with Gasteiger partial charge in [-0.15, -0.1) is 0 Å². The van der Waals surface area contributed by atoms with Crippen LogP contribution in [0, 0.1) is 0 Å². The van der Waals surface area contributed by atoms with Gasteiger partial charge in [-0.25, -0.2) is 0 Å². The molecule has 2 fully saturated rings. The fourth-order valence-electron chi connectivity index (χ4n) is 3.96. The van der Waals surface area contributed by atoms with Crippen molar-refractivity contribution < 1.29 is 14.3 Å². The Balaban J connectivity index is 1.39. The molecule has 2 aliphatic rings. The van der Waals surface area contributed by atoms with E-state index in [1.807, 2.05) is 56.0 Å². The number of ether oxygens (including phenoxy) is 2. The van der Waals surface area contributed by atoms with Gasteiger partial charge in [-0.3, -0.25) is 14.6 Å². The van der Waals surface area contributed by atoms with E-state index in [1.54, 1.807) is 0 Å². The van der Waals surface area contributed by atoms with Crippen molar-refractivity contribution >= 4 is 5.91 Å². The van der Waals surface area contributed by atoms with Crippen LogP contribution in [0.1, 0.15) is 20.8 Å². The normalized spacial score (nSPS) is 26.0. The van der Waals surface area contributed by atoms with E-state index in [9.17, 15) is 4.79 Å². The maximum Gasteiger partial charge on any atom is 0.239 e. The first-order valence-corrected chi connectivity index (χ1v) is 10.1. The van der Waals surface area contributed by atoms with E-state index in [0.717, 1.165) is 38.5 Å². The standard InChI is InChI=1S/C21H33N3O3/c1-17-15-24(16-18(2)27-17)21(25)19(3)23-11-9-22(10-12-23)13-14-26-20-7-5-4-6-8-20/h4-8,17-19H,9-16H2,1-3H3. The summed E-state index contributed by atoms with van der Waals surface area (Å²) in [4.78, 5) is 19.6. The van der Waals surface area contributed by atoms with Gasteiger partial charge in [0, 0.05) is 45.8 Å². The lowest BCUT2D eigenvalue weighted by molar-refractivity contribution is -0.148. The molecule has 2 aliphatic heterocycles. The maximum absolute atomic E-state index is 12.9. The third-order valence-electron chi connectivity index (χ3n) is 5.46. The number of carbonyl (C=O) groups excluding carboxylic acids is 1. The molecule has 6 nitrogen and oxygen atoms in total. The van der Waals surface area contributed by atoms with Crippen LogP contribution in [0.25, 0.3) is 0 Å². The number of piperazine rings is 1. The molecular formula is C21H33N3O3. The Kier molecular flexibility index (Phi) is 7.10. The molecule has 27 heavy (non-hydrogen) atoms. The number of nitrogens with zero attached hydrogens (tertiary/aromatic N) is 3. The molecule has 2 saturated heterocycles. The Labute approximate surface area is 163 Å². The second-order valence-electron chi connectivity index (χ2n) is 7.72. The molecule has 0 saturated carbocycles. The summed E-state index contributed by atoms with van der Waals surface area (Å²) in [6.07, 6.45) is 0.234. The fourth-order valence-corrected chi connectivity index (χ4v) is 3.96. The molecule has 0 N–H and O–H groups in total. The first-order chi connectivity index (χ1) is 13.0. The summed E-state index contributed by atoms with van der Waals surface area (Å²) in [6.45, 7) is 12.9. The van der Waals surface area contributed by atoms with E-state index in [2.05, 4.69) is 9.80 Å². The minimum absolute atomic E-state index is 0.0646. The molecule has 150 valence electrons. The SMILES string of the molecule is CC1CN(C(=O)C(C)N2CCN(CCOc3ccccc3)CC2)CC(C)O1. The summed E-state index contributed by atoms with van der Waals surface area (Å²) in [5.41, 5.74) is 0. The molecule has 6 heteroatoms. The molecule has 0 spiro atoms. The lowest BCUT2D eigenvalue weighted by atomic mass is 10.1. The van der Waals surface area contributed by atoms with Crippen molar-refractivity contribution in [2.75, 3.05) is 52.4 Å². The van der Waals surface area contributed by atoms with Crippen LogP contribution in [0.2, 0.25) is 0 Å². The van der Waals surface area contributed by atoms with E-state index in [4.69, 9.17) is 9.47 Å². The van der Waals surface area contributed by atoms with E-state index < -0.39 is 0 Å². The Hall–Kier alpha value is -1.63. The monoisotopic (exact) mass is 375 g/mol. The minimum atomic E-state index is -0.0646. The number of para-hydroxylation sites is 1. The van der Waals surface area contributed by atoms with Crippen molar-refractivity contribution in [3.05, 3.63) is 30.3 Å². The number of carbonyl (C=O) groups is 1. The summed E-state index contributed by atoms with van der Waals surface area (Å²) in [5.74, 6) is 1.15. The van der Waals surface area contributed by atoms with Gasteiger partial charge in [-0.2, -0.15) is 0 Å². The summed E-state index contributed by atoms with van der Waals surface area (Å²) in [7, 11) is 0. The van der Waals surface area contributed by atoms with E-state index >= 15 is 0 Å². The van der Waals surface area contributed by atoms with Gasteiger partial charge in [0.2, 0.25) is 5.91 Å². The van der Waals surface area contributed by atoms with Crippen molar-refractivity contribution in [2.45, 2.75) is 39.0 Å². The van der Waals surface area contributed by atoms with Crippen LogP contribution in [0.5, 0.6) is 5.75 Å². The molecule has 0 aliphatic carbocycles. The zero-order valence-electron chi connectivity index (χ0n) is 16.8. The number of morpholine rings is 1. The topological polar surface area (TPSA) is 45.3 Å². The molecule has 3 atom stereocenters. The number of rotatable bonds is 6. The van der Waals surface area contributed by atoms with Gasteiger partial charge in [0.15, 0.2) is 0 Å². The zero-order chi connectivity index (χ0) is 19.2. The van der Waals surface area contributed by atoms with E-state index in [0.29, 0.717) is 19.7 Å². The molecule has 3 unspecified atom stereocenters. The quantitative estimate of drug-likeness (QED) is 0.757. The zero-order valence-corrected chi connectivity index (χ0v) is 16.8. The largest absolute Gasteiger partial charge is 0.492 e. The Bertz CT molecular complexity index is 580. The van der Waals surface area contributed by atoms with Gasteiger partial charge < -0.3 is 14.4 Å². The van der Waals surface area contributed by atoms with E-state index in [1.165, 1.54) is 0 Å². The predicted octanol–water partition coefficient (Wildman–Crippen LogP) is 1.71. The van der Waals surface area contributed by atoms with Crippen LogP contribution < -0.4 is 4.74 Å². The van der Waals surface area contributed by atoms with Crippen molar-refractivity contribution in [1.82, 2.24) is 14.7 Å². The minimum Gasteiger partial charge on any atom is -0.492 e. The van der Waals surface area contributed by atoms with Gasteiger partial charge in [0.25, 0.3) is 0 Å². The van der Waals surface area contributed by atoms with Gasteiger partial charge >= 0.3 is 0 Å². The van der Waals surface area contributed by atoms with E-state index in [-0.39, 0.29) is 24.2 Å². The van der Waals surface area contributed by atoms with Crippen molar-refractivity contribution in [2.24, 2.45) is 0 Å². The highest BCUT2D eigenvalue weighted by Gasteiger charge is 2.32. The first kappa shape index (κ1) is 20.1. The third-order valence-corrected chi connectivity index (χ3v) is 5.46. The van der Waals surface area contributed by atoms with Crippen LogP contribution in [-0.4, -0.2) is 91.3 Å². The van der Waals surface area contributed by atoms with Crippen LogP contribution in [0.4, 0.5) is 0 Å². The Morgan fingerprint density at radius 2 is 1.74 bits per heavy atom. The summed E-state index contributed by atoms with van der Waals surface area (Å²) >= 11 is 0. The molecule has 1 aromatic carbocycles. The van der Waals surface area contributed by atoms with Gasteiger partial charge in [-0.1, -0.05) is 18.2 Å². The van der Waals surface area contributed by atoms with Crippen molar-refractivity contribution in [1.29, 1.82) is 0 Å². The fraction of sp³-hybridized carbons (Fsp3) is 0.667. The van der Waals surface area contributed by atoms with Crippen LogP contribution in [0.3, 0.4) is 0 Å². The summed E-state index contributed by atoms with van der Waals surface area (Å²) in [5, 5.41) is 0. The Morgan fingerprint density at radius 3 is 2.37 bits per heavy atom. The lowest BCUT2D eigenvalue weighted by Gasteiger charge is -2.41. The first-order valence-electron chi connectivity index (χ1n) is 10.1. The molecule has 1 aromatic rings. The number of hydrogen-bond donors (Lipinski definition) is 0. The third kappa shape index (κ3) is 5.67. The number of amides is 1. The van der Waals surface area contributed by atoms with Crippen molar-refractivity contribution in [3.63, 3.8) is 0 Å². The number of benzene rings is 1. The molecule has 0 bridgehead atoms. The van der Waals surface area contributed by atoms with Crippen LogP contribution >= 0.6 is 0 Å². The van der Waals surface area contributed by atoms with Gasteiger partial charge in [-0.05, 0) is 32.9 Å². The highest BCUT2D eigenvalue weighted by molar-refractivity contribution is 5.81. The van der Waals surface area contributed by atoms with Crippen LogP contribution in [0.15, 0.2) is 30.3 Å². The average Bonchev–Trinajstić information content (AvgIpc) is 2.67. The molecule has 0 aromatic heterocycles. The van der Waals surface area contributed by atoms with Gasteiger partial charge in [0.1, 0.15) is 12.4 Å². The highest BCUT2D eigenvalue weighted by Crippen LogP contribution is 2.15. The lowest BCUT2D eigenvalue weighted by Crippen LogP contribution is -2.57. The second kappa shape index (κ2) is 9.53. The molecule has 2 heterocycles. The maximum atomic E-state index is 12.9. The molecule has 3 rings (SSSR count). The molecule has 1 amide bonds. The van der Waals surface area contributed by atoms with Crippen molar-refractivity contribution in [3.8, 4) is 5.75 Å². The number of hydrogen-bond acceptors (Lipinski definition) is 5. The summed E-state index contributed by atoms with van der Waals surface area (Å²) < 4.78 is 11.5. The summed E-state index contributed by atoms with van der Waals surface area (Å²) in [6, 6.07) is 9.87. The predicted molar refractivity (Wildman–Crippen MR) is 106 cm³/mol. The second-order valence-corrected chi connectivity index (χ2v) is 7.72. The highest BCUT2D eigenvalue weighted by atomic mass is 16.5. The molecular weight excluding hydrogens is 342 g/mol. The van der Waals surface area contributed by atoms with Crippen LogP contribution in [-0.2, 0) is 9.53 Å². The Morgan fingerprint density at radius 1 is 1.11 bits per heavy atom. The van der Waals surface area contributed by atoms with Gasteiger partial charge in [0.05, 0.1) is 18.2 Å². The molecule has 0 radical (unpaired) electrons. The smallest absolute Gasteiger partial charge is 0.239 e. The average molecular weight is 376 g/mol.